The molecular weight excluding hydrogens is 478 g/mol. The highest BCUT2D eigenvalue weighted by Crippen LogP contribution is 2.27. The first-order valence-corrected chi connectivity index (χ1v) is 12.7. The van der Waals surface area contributed by atoms with E-state index in [2.05, 4.69) is 4.98 Å². The van der Waals surface area contributed by atoms with Gasteiger partial charge in [-0.15, -0.1) is 0 Å². The average molecular weight is 504 g/mol. The van der Waals surface area contributed by atoms with E-state index in [0.717, 1.165) is 0 Å². The molecule has 3 aromatic rings. The van der Waals surface area contributed by atoms with Gasteiger partial charge in [-0.25, -0.2) is 13.2 Å². The number of aromatic nitrogens is 1. The third kappa shape index (κ3) is 4.96. The number of halogens is 1. The largest absolute Gasteiger partial charge is 0.444 e. The number of nitrogens with zero attached hydrogens (tertiary/aromatic N) is 2. The van der Waals surface area contributed by atoms with Crippen LogP contribution in [-0.2, 0) is 14.8 Å². The van der Waals surface area contributed by atoms with E-state index in [4.69, 9.17) is 16.3 Å². The fraction of sp³-hybridized carbons (Fsp3) is 0.333. The third-order valence-corrected chi connectivity index (χ3v) is 7.77. The Hall–Kier alpha value is -2.88. The van der Waals surface area contributed by atoms with Gasteiger partial charge in [-0.2, -0.15) is 4.31 Å². The molecule has 34 heavy (non-hydrogen) atoms. The standard InChI is InChI=1S/C24H26ClN3O5S/c1-24(2,3)33-23(30)27-11-13-28(14-12-27)34(31,32)17-9-7-16(8-10-17)21-15-19-18(22(29)26-21)5-4-6-20(19)25/h4-10,15H,11-14H2,1-3H3,(H,26,29). The Bertz CT molecular complexity index is 1390. The Morgan fingerprint density at radius 2 is 1.65 bits per heavy atom. The second-order valence-corrected chi connectivity index (χ2v) is 11.5. The van der Waals surface area contributed by atoms with E-state index in [1.54, 1.807) is 57.2 Å². The van der Waals surface area contributed by atoms with Crippen molar-refractivity contribution in [2.24, 2.45) is 0 Å². The first-order valence-electron chi connectivity index (χ1n) is 10.9. The Morgan fingerprint density at radius 3 is 2.26 bits per heavy atom. The van der Waals surface area contributed by atoms with E-state index >= 15 is 0 Å². The maximum atomic E-state index is 13.1. The van der Waals surface area contributed by atoms with Gasteiger partial charge in [-0.1, -0.05) is 29.8 Å². The number of ether oxygens (including phenoxy) is 1. The minimum Gasteiger partial charge on any atom is -0.444 e. The molecule has 1 aliphatic rings. The molecule has 1 fully saturated rings. The van der Waals surface area contributed by atoms with Crippen LogP contribution in [0, 0.1) is 0 Å². The van der Waals surface area contributed by atoms with Crippen LogP contribution in [0.25, 0.3) is 22.0 Å². The van der Waals surface area contributed by atoms with Crippen molar-refractivity contribution in [2.75, 3.05) is 26.2 Å². The molecule has 180 valence electrons. The Kier molecular flexibility index (Phi) is 6.46. The number of piperazine rings is 1. The number of carbonyl (C=O) groups excluding carboxylic acids is 1. The third-order valence-electron chi connectivity index (χ3n) is 5.53. The SMILES string of the molecule is CC(C)(C)OC(=O)N1CCN(S(=O)(=O)c2ccc(-c3cc4c(Cl)cccc4c(=O)[nH]3)cc2)CC1. The second-order valence-electron chi connectivity index (χ2n) is 9.11. The van der Waals surface area contributed by atoms with Crippen LogP contribution in [0.1, 0.15) is 20.8 Å². The number of hydrogen-bond donors (Lipinski definition) is 1. The van der Waals surface area contributed by atoms with E-state index in [1.807, 2.05) is 0 Å². The van der Waals surface area contributed by atoms with Gasteiger partial charge < -0.3 is 14.6 Å². The van der Waals surface area contributed by atoms with Crippen molar-refractivity contribution in [2.45, 2.75) is 31.3 Å². The highest BCUT2D eigenvalue weighted by atomic mass is 35.5. The molecule has 1 N–H and O–H groups in total. The number of aromatic amines is 1. The molecule has 0 unspecified atom stereocenters. The summed E-state index contributed by atoms with van der Waals surface area (Å²) in [6.45, 7) is 6.24. The number of hydrogen-bond acceptors (Lipinski definition) is 5. The lowest BCUT2D eigenvalue weighted by Gasteiger charge is -2.35. The molecule has 1 aromatic heterocycles. The van der Waals surface area contributed by atoms with Gasteiger partial charge >= 0.3 is 6.09 Å². The molecule has 0 bridgehead atoms. The van der Waals surface area contributed by atoms with Crippen molar-refractivity contribution >= 4 is 38.5 Å². The lowest BCUT2D eigenvalue weighted by Crippen LogP contribution is -2.51. The van der Waals surface area contributed by atoms with Crippen LogP contribution in [0.5, 0.6) is 0 Å². The van der Waals surface area contributed by atoms with Crippen LogP contribution in [0.2, 0.25) is 5.02 Å². The smallest absolute Gasteiger partial charge is 0.410 e. The highest BCUT2D eigenvalue weighted by Gasteiger charge is 2.32. The van der Waals surface area contributed by atoms with Crippen molar-refractivity contribution in [3.8, 4) is 11.3 Å². The molecule has 1 aliphatic heterocycles. The Morgan fingerprint density at radius 1 is 1.00 bits per heavy atom. The van der Waals surface area contributed by atoms with Gasteiger partial charge in [-0.05, 0) is 56.7 Å². The molecule has 0 saturated carbocycles. The topological polar surface area (TPSA) is 99.8 Å². The zero-order chi connectivity index (χ0) is 24.7. The van der Waals surface area contributed by atoms with Crippen molar-refractivity contribution in [3.63, 3.8) is 0 Å². The number of sulfonamides is 1. The van der Waals surface area contributed by atoms with Gasteiger partial charge in [0.15, 0.2) is 0 Å². The van der Waals surface area contributed by atoms with Crippen LogP contribution >= 0.6 is 11.6 Å². The van der Waals surface area contributed by atoms with E-state index in [0.29, 0.717) is 27.1 Å². The number of amides is 1. The molecule has 0 radical (unpaired) electrons. The van der Waals surface area contributed by atoms with Crippen LogP contribution in [-0.4, -0.2) is 60.5 Å². The molecule has 2 aromatic carbocycles. The van der Waals surface area contributed by atoms with Crippen molar-refractivity contribution < 1.29 is 17.9 Å². The molecule has 4 rings (SSSR count). The van der Waals surface area contributed by atoms with Gasteiger partial charge in [0.2, 0.25) is 10.0 Å². The van der Waals surface area contributed by atoms with E-state index in [1.165, 1.54) is 21.3 Å². The van der Waals surface area contributed by atoms with Crippen LogP contribution in [0.4, 0.5) is 4.79 Å². The van der Waals surface area contributed by atoms with E-state index < -0.39 is 21.7 Å². The number of nitrogens with one attached hydrogen (secondary N) is 1. The fourth-order valence-electron chi connectivity index (χ4n) is 3.80. The van der Waals surface area contributed by atoms with Gasteiger partial charge in [0.1, 0.15) is 5.60 Å². The predicted octanol–water partition coefficient (Wildman–Crippen LogP) is 4.09. The summed E-state index contributed by atoms with van der Waals surface area (Å²) in [4.78, 5) is 29.2. The van der Waals surface area contributed by atoms with Crippen molar-refractivity contribution in [1.82, 2.24) is 14.2 Å². The normalized spacial score (nSPS) is 15.5. The Balaban J connectivity index is 1.51. The predicted molar refractivity (Wildman–Crippen MR) is 132 cm³/mol. The first-order chi connectivity index (χ1) is 16.0. The number of fused-ring (bicyclic) bond motifs is 1. The minimum absolute atomic E-state index is 0.142. The molecule has 0 atom stereocenters. The summed E-state index contributed by atoms with van der Waals surface area (Å²) in [6, 6.07) is 13.2. The lowest BCUT2D eigenvalue weighted by atomic mass is 10.1. The fourth-order valence-corrected chi connectivity index (χ4v) is 5.45. The molecule has 1 amide bonds. The Labute approximate surface area is 203 Å². The van der Waals surface area contributed by atoms with Gasteiger partial charge in [0.05, 0.1) is 4.90 Å². The summed E-state index contributed by atoms with van der Waals surface area (Å²) in [5.74, 6) is 0. The number of benzene rings is 2. The summed E-state index contributed by atoms with van der Waals surface area (Å²) in [7, 11) is -3.73. The quantitative estimate of drug-likeness (QED) is 0.580. The maximum absolute atomic E-state index is 13.1. The average Bonchev–Trinajstić information content (AvgIpc) is 2.79. The molecule has 2 heterocycles. The minimum atomic E-state index is -3.73. The van der Waals surface area contributed by atoms with Gasteiger partial charge in [0, 0.05) is 47.7 Å². The molecule has 10 heteroatoms. The van der Waals surface area contributed by atoms with Crippen molar-refractivity contribution in [3.05, 3.63) is 63.9 Å². The zero-order valence-corrected chi connectivity index (χ0v) is 20.7. The van der Waals surface area contributed by atoms with Gasteiger partial charge in [0.25, 0.3) is 5.56 Å². The summed E-state index contributed by atoms with van der Waals surface area (Å²) >= 11 is 6.25. The summed E-state index contributed by atoms with van der Waals surface area (Å²) in [5, 5.41) is 1.58. The summed E-state index contributed by atoms with van der Waals surface area (Å²) in [5.41, 5.74) is 0.325. The highest BCUT2D eigenvalue weighted by molar-refractivity contribution is 7.89. The number of rotatable bonds is 3. The second kappa shape index (κ2) is 9.05. The number of carbonyl (C=O) groups is 1. The molecule has 0 aliphatic carbocycles. The van der Waals surface area contributed by atoms with Crippen LogP contribution in [0.15, 0.2) is 58.2 Å². The van der Waals surface area contributed by atoms with Crippen LogP contribution < -0.4 is 5.56 Å². The van der Waals surface area contributed by atoms with E-state index in [9.17, 15) is 18.0 Å². The molecule has 8 nitrogen and oxygen atoms in total. The number of H-pyrrole nitrogens is 1. The van der Waals surface area contributed by atoms with Crippen molar-refractivity contribution in [1.29, 1.82) is 0 Å². The maximum Gasteiger partial charge on any atom is 0.410 e. The van der Waals surface area contributed by atoms with E-state index in [-0.39, 0.29) is 36.6 Å². The first kappa shape index (κ1) is 24.3. The van der Waals surface area contributed by atoms with Gasteiger partial charge in [-0.3, -0.25) is 4.79 Å². The summed E-state index contributed by atoms with van der Waals surface area (Å²) < 4.78 is 33.0. The molecular formula is C24H26ClN3O5S. The number of pyridine rings is 1. The molecule has 1 saturated heterocycles. The monoisotopic (exact) mass is 503 g/mol. The molecule has 0 spiro atoms. The lowest BCUT2D eigenvalue weighted by molar-refractivity contribution is 0.0192. The van der Waals surface area contributed by atoms with Crippen LogP contribution in [0.3, 0.4) is 0 Å². The zero-order valence-electron chi connectivity index (χ0n) is 19.2. The summed E-state index contributed by atoms with van der Waals surface area (Å²) in [6.07, 6.45) is -0.446.